The van der Waals surface area contributed by atoms with Crippen LogP contribution in [0.3, 0.4) is 0 Å². The Morgan fingerprint density at radius 2 is 1.29 bits per heavy atom. The zero-order chi connectivity index (χ0) is 20.5. The van der Waals surface area contributed by atoms with Crippen molar-refractivity contribution in [3.63, 3.8) is 0 Å². The molecule has 1 aromatic heterocycles. The van der Waals surface area contributed by atoms with E-state index in [4.69, 9.17) is 0 Å². The fourth-order valence-corrected chi connectivity index (χ4v) is 4.13. The van der Waals surface area contributed by atoms with E-state index in [1.54, 1.807) is 10.9 Å². The van der Waals surface area contributed by atoms with Gasteiger partial charge in [-0.05, 0) is 22.4 Å². The number of hydrogen-bond acceptors (Lipinski definition) is 2. The molecule has 4 nitrogen and oxygen atoms in total. The Kier molecular flexibility index (Phi) is 15.3. The van der Waals surface area contributed by atoms with E-state index < -0.39 is 0 Å². The third-order valence-electron chi connectivity index (χ3n) is 5.32. The average Bonchev–Trinajstić information content (AvgIpc) is 3.02. The number of nitrogens with zero attached hydrogens (tertiary/aromatic N) is 2. The van der Waals surface area contributed by atoms with Gasteiger partial charge >= 0.3 is 0 Å². The standard InChI is InChI=1S/C23H42BrN3O/c1-3-4-5-6-7-8-9-10-11-12-13-14-15-16-17-18-19-25-23(28)22-21(24)20-27(2)26-22/h20H,3-19H2,1-2H3,(H,25,28). The van der Waals surface area contributed by atoms with Crippen LogP contribution in [0.2, 0.25) is 0 Å². The number of amides is 1. The summed E-state index contributed by atoms with van der Waals surface area (Å²) < 4.78 is 2.40. The lowest BCUT2D eigenvalue weighted by Gasteiger charge is -2.05. The lowest BCUT2D eigenvalue weighted by atomic mass is 10.0. The molecule has 1 aromatic rings. The molecule has 0 aliphatic carbocycles. The minimum Gasteiger partial charge on any atom is -0.351 e. The van der Waals surface area contributed by atoms with Gasteiger partial charge in [-0.15, -0.1) is 0 Å². The van der Waals surface area contributed by atoms with Crippen molar-refractivity contribution in [3.8, 4) is 0 Å². The van der Waals surface area contributed by atoms with E-state index in [1.165, 1.54) is 96.3 Å². The van der Waals surface area contributed by atoms with Crippen molar-refractivity contribution >= 4 is 21.8 Å². The molecule has 0 radical (unpaired) electrons. The number of unbranched alkanes of at least 4 members (excludes halogenated alkanes) is 15. The first kappa shape index (κ1) is 25.2. The summed E-state index contributed by atoms with van der Waals surface area (Å²) in [6.45, 7) is 3.02. The summed E-state index contributed by atoms with van der Waals surface area (Å²) in [5, 5.41) is 7.12. The molecule has 1 heterocycles. The zero-order valence-electron chi connectivity index (χ0n) is 18.3. The lowest BCUT2D eigenvalue weighted by Crippen LogP contribution is -2.25. The second kappa shape index (κ2) is 17.1. The highest BCUT2D eigenvalue weighted by molar-refractivity contribution is 9.10. The molecule has 0 atom stereocenters. The monoisotopic (exact) mass is 455 g/mol. The van der Waals surface area contributed by atoms with Crippen molar-refractivity contribution in [3.05, 3.63) is 16.4 Å². The van der Waals surface area contributed by atoms with E-state index >= 15 is 0 Å². The van der Waals surface area contributed by atoms with E-state index in [0.29, 0.717) is 5.69 Å². The van der Waals surface area contributed by atoms with Gasteiger partial charge in [0.05, 0.1) is 4.47 Å². The van der Waals surface area contributed by atoms with Crippen molar-refractivity contribution in [2.75, 3.05) is 6.54 Å². The summed E-state index contributed by atoms with van der Waals surface area (Å²) in [7, 11) is 1.82. The second-order valence-corrected chi connectivity index (χ2v) is 8.91. The molecule has 28 heavy (non-hydrogen) atoms. The number of carbonyl (C=O) groups is 1. The summed E-state index contributed by atoms with van der Waals surface area (Å²) in [5.74, 6) is -0.0894. The van der Waals surface area contributed by atoms with Crippen LogP contribution in [0.5, 0.6) is 0 Å². The Morgan fingerprint density at radius 3 is 1.68 bits per heavy atom. The molecule has 0 fully saturated rings. The normalized spacial score (nSPS) is 11.1. The fraction of sp³-hybridized carbons (Fsp3) is 0.826. The summed E-state index contributed by atoms with van der Waals surface area (Å²) in [5.41, 5.74) is 0.471. The van der Waals surface area contributed by atoms with Crippen LogP contribution in [0.25, 0.3) is 0 Å². The number of nitrogens with one attached hydrogen (secondary N) is 1. The molecule has 1 amide bonds. The van der Waals surface area contributed by atoms with Gasteiger partial charge in [-0.3, -0.25) is 9.48 Å². The van der Waals surface area contributed by atoms with Crippen molar-refractivity contribution in [1.29, 1.82) is 0 Å². The van der Waals surface area contributed by atoms with Crippen LogP contribution in [-0.2, 0) is 7.05 Å². The Balaban J connectivity index is 1.80. The third kappa shape index (κ3) is 12.6. The largest absolute Gasteiger partial charge is 0.351 e. The Bertz CT molecular complexity index is 516. The molecular formula is C23H42BrN3O. The average molecular weight is 457 g/mol. The number of aryl methyl sites for hydroxylation is 1. The first-order valence-electron chi connectivity index (χ1n) is 11.6. The summed E-state index contributed by atoms with van der Waals surface area (Å²) in [6, 6.07) is 0. The Hall–Kier alpha value is -0.840. The topological polar surface area (TPSA) is 46.9 Å². The van der Waals surface area contributed by atoms with Crippen molar-refractivity contribution in [2.24, 2.45) is 7.05 Å². The van der Waals surface area contributed by atoms with Gasteiger partial charge < -0.3 is 5.32 Å². The molecule has 0 aliphatic heterocycles. The molecule has 0 saturated carbocycles. The second-order valence-electron chi connectivity index (χ2n) is 8.06. The van der Waals surface area contributed by atoms with Gasteiger partial charge in [0.2, 0.25) is 0 Å². The van der Waals surface area contributed by atoms with Crippen LogP contribution in [0.1, 0.15) is 120 Å². The first-order chi connectivity index (χ1) is 13.6. The van der Waals surface area contributed by atoms with E-state index in [-0.39, 0.29) is 5.91 Å². The maximum Gasteiger partial charge on any atom is 0.272 e. The first-order valence-corrected chi connectivity index (χ1v) is 12.4. The van der Waals surface area contributed by atoms with Gasteiger partial charge in [-0.2, -0.15) is 5.10 Å². The highest BCUT2D eigenvalue weighted by Gasteiger charge is 2.13. The van der Waals surface area contributed by atoms with Gasteiger partial charge in [0.1, 0.15) is 0 Å². The quantitative estimate of drug-likeness (QED) is 0.238. The molecular weight excluding hydrogens is 414 g/mol. The van der Waals surface area contributed by atoms with Crippen molar-refractivity contribution in [1.82, 2.24) is 15.1 Å². The molecule has 1 rings (SSSR count). The van der Waals surface area contributed by atoms with Gasteiger partial charge in [0, 0.05) is 19.8 Å². The van der Waals surface area contributed by atoms with Crippen LogP contribution in [-0.4, -0.2) is 22.2 Å². The van der Waals surface area contributed by atoms with Crippen molar-refractivity contribution < 1.29 is 4.79 Å². The number of hydrogen-bond donors (Lipinski definition) is 1. The van der Waals surface area contributed by atoms with Crippen LogP contribution in [0.15, 0.2) is 10.7 Å². The molecule has 5 heteroatoms. The van der Waals surface area contributed by atoms with Gasteiger partial charge in [-0.1, -0.05) is 103 Å². The highest BCUT2D eigenvalue weighted by Crippen LogP contribution is 2.15. The van der Waals surface area contributed by atoms with Crippen LogP contribution >= 0.6 is 15.9 Å². The Morgan fingerprint density at radius 1 is 0.857 bits per heavy atom. The molecule has 0 aliphatic rings. The molecule has 0 spiro atoms. The smallest absolute Gasteiger partial charge is 0.272 e. The molecule has 0 aromatic carbocycles. The van der Waals surface area contributed by atoms with E-state index in [9.17, 15) is 4.79 Å². The molecule has 1 N–H and O–H groups in total. The minimum atomic E-state index is -0.0894. The summed E-state index contributed by atoms with van der Waals surface area (Å²) >= 11 is 3.37. The Labute approximate surface area is 181 Å². The zero-order valence-corrected chi connectivity index (χ0v) is 19.9. The van der Waals surface area contributed by atoms with Gasteiger partial charge in [0.25, 0.3) is 5.91 Å². The molecule has 162 valence electrons. The minimum absolute atomic E-state index is 0.0894. The number of rotatable bonds is 18. The van der Waals surface area contributed by atoms with E-state index in [2.05, 4.69) is 33.3 Å². The summed E-state index contributed by atoms with van der Waals surface area (Å²) in [4.78, 5) is 12.0. The maximum absolute atomic E-state index is 12.0. The third-order valence-corrected chi connectivity index (χ3v) is 5.90. The number of carbonyl (C=O) groups excluding carboxylic acids is 1. The predicted octanol–water partition coefficient (Wildman–Crippen LogP) is 7.17. The lowest BCUT2D eigenvalue weighted by molar-refractivity contribution is 0.0946. The van der Waals surface area contributed by atoms with Crippen molar-refractivity contribution in [2.45, 2.75) is 110 Å². The van der Waals surface area contributed by atoms with Crippen LogP contribution in [0.4, 0.5) is 0 Å². The SMILES string of the molecule is CCCCCCCCCCCCCCCCCCNC(=O)c1nn(C)cc1Br. The van der Waals surface area contributed by atoms with Gasteiger partial charge in [-0.25, -0.2) is 0 Å². The van der Waals surface area contributed by atoms with Crippen LogP contribution < -0.4 is 5.32 Å². The molecule has 0 unspecified atom stereocenters. The summed E-state index contributed by atoms with van der Waals surface area (Å²) in [6.07, 6.45) is 23.6. The van der Waals surface area contributed by atoms with E-state index in [0.717, 1.165) is 17.4 Å². The molecule has 0 bridgehead atoms. The highest BCUT2D eigenvalue weighted by atomic mass is 79.9. The molecule has 0 saturated heterocycles. The number of halogens is 1. The van der Waals surface area contributed by atoms with Gasteiger partial charge in [0.15, 0.2) is 5.69 Å². The predicted molar refractivity (Wildman–Crippen MR) is 123 cm³/mol. The maximum atomic E-state index is 12.0. The van der Waals surface area contributed by atoms with Crippen LogP contribution in [0, 0.1) is 0 Å². The van der Waals surface area contributed by atoms with E-state index in [1.807, 2.05) is 7.05 Å². The number of aromatic nitrogens is 2. The fourth-order valence-electron chi connectivity index (χ4n) is 3.57.